The highest BCUT2D eigenvalue weighted by atomic mass is 16.3. The average Bonchev–Trinajstić information content (AvgIpc) is 2.72. The molecule has 2 rings (SSSR count). The van der Waals surface area contributed by atoms with Gasteiger partial charge < -0.3 is 4.42 Å². The second-order valence-electron chi connectivity index (χ2n) is 2.93. The van der Waals surface area contributed by atoms with Crippen LogP contribution in [0.15, 0.2) is 22.8 Å². The molecule has 1 aromatic rings. The van der Waals surface area contributed by atoms with E-state index in [9.17, 15) is 9.59 Å². The van der Waals surface area contributed by atoms with Crippen LogP contribution in [0.1, 0.15) is 23.4 Å². The Kier molecular flexibility index (Phi) is 1.88. The Balaban J connectivity index is 2.18. The van der Waals surface area contributed by atoms with Crippen LogP contribution in [0, 0.1) is 0 Å². The van der Waals surface area contributed by atoms with Crippen LogP contribution in [0.3, 0.4) is 0 Å². The molecule has 0 N–H and O–H groups in total. The van der Waals surface area contributed by atoms with Crippen LogP contribution >= 0.6 is 0 Å². The molecule has 1 saturated heterocycles. The van der Waals surface area contributed by atoms with E-state index in [2.05, 4.69) is 0 Å². The summed E-state index contributed by atoms with van der Waals surface area (Å²) in [5.74, 6) is -0.204. The molecule has 1 fully saturated rings. The van der Waals surface area contributed by atoms with E-state index in [-0.39, 0.29) is 17.6 Å². The van der Waals surface area contributed by atoms with Crippen LogP contribution in [0.4, 0.5) is 0 Å². The minimum Gasteiger partial charge on any atom is -0.459 e. The maximum atomic E-state index is 11.5. The normalized spacial score (nSPS) is 16.6. The molecule has 13 heavy (non-hydrogen) atoms. The highest BCUT2D eigenvalue weighted by Crippen LogP contribution is 2.14. The van der Waals surface area contributed by atoms with Crippen LogP contribution in [0.25, 0.3) is 0 Å². The van der Waals surface area contributed by atoms with E-state index < -0.39 is 0 Å². The second-order valence-corrected chi connectivity index (χ2v) is 2.93. The fourth-order valence-electron chi connectivity index (χ4n) is 1.40. The van der Waals surface area contributed by atoms with Crippen LogP contribution in [0.2, 0.25) is 0 Å². The van der Waals surface area contributed by atoms with E-state index in [1.54, 1.807) is 12.1 Å². The van der Waals surface area contributed by atoms with Gasteiger partial charge in [0.15, 0.2) is 5.76 Å². The van der Waals surface area contributed by atoms with Gasteiger partial charge in [0.05, 0.1) is 6.26 Å². The Labute approximate surface area is 75.1 Å². The maximum absolute atomic E-state index is 11.5. The van der Waals surface area contributed by atoms with E-state index >= 15 is 0 Å². The van der Waals surface area contributed by atoms with Gasteiger partial charge in [0, 0.05) is 13.0 Å². The predicted molar refractivity (Wildman–Crippen MR) is 44.0 cm³/mol. The summed E-state index contributed by atoms with van der Waals surface area (Å²) in [5, 5.41) is 0. The molecule has 0 saturated carbocycles. The van der Waals surface area contributed by atoms with Crippen molar-refractivity contribution in [3.63, 3.8) is 0 Å². The standard InChI is InChI=1S/C9H9NO3/c11-8-4-1-5-10(8)9(12)7-3-2-6-13-7/h2-3,6H,1,4-5H2. The van der Waals surface area contributed by atoms with E-state index in [4.69, 9.17) is 4.42 Å². The van der Waals surface area contributed by atoms with Crippen molar-refractivity contribution in [2.24, 2.45) is 0 Å². The number of furan rings is 1. The van der Waals surface area contributed by atoms with E-state index in [1.807, 2.05) is 0 Å². The second kappa shape index (κ2) is 3.05. The van der Waals surface area contributed by atoms with Crippen molar-refractivity contribution in [2.45, 2.75) is 12.8 Å². The number of amides is 2. The number of likely N-dealkylation sites (tertiary alicyclic amines) is 1. The molecule has 1 aliphatic heterocycles. The molecular weight excluding hydrogens is 170 g/mol. The molecule has 4 heteroatoms. The summed E-state index contributed by atoms with van der Waals surface area (Å²) in [7, 11) is 0. The number of hydrogen-bond donors (Lipinski definition) is 0. The number of hydrogen-bond acceptors (Lipinski definition) is 3. The molecule has 1 aliphatic rings. The van der Waals surface area contributed by atoms with Crippen LogP contribution < -0.4 is 0 Å². The Bertz CT molecular complexity index is 329. The minimum atomic E-state index is -0.326. The molecule has 0 aliphatic carbocycles. The van der Waals surface area contributed by atoms with Gasteiger partial charge in [-0.3, -0.25) is 14.5 Å². The third-order valence-corrected chi connectivity index (χ3v) is 2.05. The summed E-state index contributed by atoms with van der Waals surface area (Å²) in [6.07, 6.45) is 2.64. The molecule has 0 radical (unpaired) electrons. The van der Waals surface area contributed by atoms with Gasteiger partial charge in [-0.2, -0.15) is 0 Å². The minimum absolute atomic E-state index is 0.110. The lowest BCUT2D eigenvalue weighted by atomic mass is 10.4. The summed E-state index contributed by atoms with van der Waals surface area (Å²) in [6, 6.07) is 3.20. The fourth-order valence-corrected chi connectivity index (χ4v) is 1.40. The zero-order chi connectivity index (χ0) is 9.26. The molecule has 1 aromatic heterocycles. The topological polar surface area (TPSA) is 50.5 Å². The highest BCUT2D eigenvalue weighted by molar-refractivity contribution is 6.03. The Morgan fingerprint density at radius 2 is 2.38 bits per heavy atom. The van der Waals surface area contributed by atoms with E-state index in [0.717, 1.165) is 6.42 Å². The molecular formula is C9H9NO3. The summed E-state index contributed by atoms with van der Waals surface area (Å²) in [6.45, 7) is 0.512. The lowest BCUT2D eigenvalue weighted by molar-refractivity contribution is -0.125. The largest absolute Gasteiger partial charge is 0.459 e. The van der Waals surface area contributed by atoms with Crippen molar-refractivity contribution in [3.8, 4) is 0 Å². The van der Waals surface area contributed by atoms with Crippen molar-refractivity contribution >= 4 is 11.8 Å². The third kappa shape index (κ3) is 1.35. The van der Waals surface area contributed by atoms with E-state index in [1.165, 1.54) is 11.2 Å². The third-order valence-electron chi connectivity index (χ3n) is 2.05. The van der Waals surface area contributed by atoms with E-state index in [0.29, 0.717) is 13.0 Å². The molecule has 4 nitrogen and oxygen atoms in total. The van der Waals surface area contributed by atoms with Crippen LogP contribution in [-0.4, -0.2) is 23.3 Å². The van der Waals surface area contributed by atoms with Gasteiger partial charge in [0.1, 0.15) is 0 Å². The van der Waals surface area contributed by atoms with Gasteiger partial charge in [-0.15, -0.1) is 0 Å². The molecule has 0 spiro atoms. The van der Waals surface area contributed by atoms with Crippen molar-refractivity contribution < 1.29 is 14.0 Å². The molecule has 0 unspecified atom stereocenters. The Hall–Kier alpha value is -1.58. The first-order valence-electron chi connectivity index (χ1n) is 4.17. The van der Waals surface area contributed by atoms with Crippen molar-refractivity contribution in [2.75, 3.05) is 6.54 Å². The van der Waals surface area contributed by atoms with Crippen LogP contribution in [-0.2, 0) is 4.79 Å². The summed E-state index contributed by atoms with van der Waals surface area (Å²) >= 11 is 0. The van der Waals surface area contributed by atoms with Gasteiger partial charge in [0.2, 0.25) is 5.91 Å². The smallest absolute Gasteiger partial charge is 0.296 e. The zero-order valence-electron chi connectivity index (χ0n) is 7.03. The van der Waals surface area contributed by atoms with Gasteiger partial charge in [0.25, 0.3) is 5.91 Å². The molecule has 0 bridgehead atoms. The van der Waals surface area contributed by atoms with Gasteiger partial charge >= 0.3 is 0 Å². The summed E-state index contributed by atoms with van der Waals surface area (Å²) in [4.78, 5) is 23.9. The molecule has 68 valence electrons. The lowest BCUT2D eigenvalue weighted by Gasteiger charge is -2.10. The fraction of sp³-hybridized carbons (Fsp3) is 0.333. The average molecular weight is 179 g/mol. The van der Waals surface area contributed by atoms with Gasteiger partial charge in [-0.1, -0.05) is 0 Å². The predicted octanol–water partition coefficient (Wildman–Crippen LogP) is 1.04. The number of imide groups is 1. The number of nitrogens with zero attached hydrogens (tertiary/aromatic N) is 1. The first-order chi connectivity index (χ1) is 6.29. The van der Waals surface area contributed by atoms with Crippen molar-refractivity contribution in [1.82, 2.24) is 4.90 Å². The molecule has 2 amide bonds. The van der Waals surface area contributed by atoms with Crippen molar-refractivity contribution in [3.05, 3.63) is 24.2 Å². The number of carbonyl (C=O) groups excluding carboxylic acids is 2. The first-order valence-corrected chi connectivity index (χ1v) is 4.17. The monoisotopic (exact) mass is 179 g/mol. The SMILES string of the molecule is O=C1CCCN1C(=O)c1ccco1. The van der Waals surface area contributed by atoms with Crippen LogP contribution in [0.5, 0.6) is 0 Å². The zero-order valence-corrected chi connectivity index (χ0v) is 7.03. The lowest BCUT2D eigenvalue weighted by Crippen LogP contribution is -2.31. The Morgan fingerprint density at radius 1 is 1.54 bits per heavy atom. The maximum Gasteiger partial charge on any atom is 0.296 e. The molecule has 2 heterocycles. The van der Waals surface area contributed by atoms with Crippen molar-refractivity contribution in [1.29, 1.82) is 0 Å². The molecule has 0 aromatic carbocycles. The first kappa shape index (κ1) is 8.04. The summed E-state index contributed by atoms with van der Waals surface area (Å²) in [5.41, 5.74) is 0. The van der Waals surface area contributed by atoms with Gasteiger partial charge in [-0.25, -0.2) is 0 Å². The number of carbonyl (C=O) groups is 2. The number of rotatable bonds is 1. The molecule has 0 atom stereocenters. The Morgan fingerprint density at radius 3 is 2.92 bits per heavy atom. The van der Waals surface area contributed by atoms with Gasteiger partial charge in [-0.05, 0) is 18.6 Å². The quantitative estimate of drug-likeness (QED) is 0.605. The highest BCUT2D eigenvalue weighted by Gasteiger charge is 2.28. The summed E-state index contributed by atoms with van der Waals surface area (Å²) < 4.78 is 4.91.